The predicted octanol–water partition coefficient (Wildman–Crippen LogP) is 4.69. The number of ether oxygens (including phenoxy) is 2. The molecule has 2 heterocycles. The van der Waals surface area contributed by atoms with Crippen LogP contribution in [0.3, 0.4) is 0 Å². The van der Waals surface area contributed by atoms with Gasteiger partial charge in [-0.15, -0.1) is 0 Å². The fraction of sp³-hybridized carbons (Fsp3) is 0.385. The van der Waals surface area contributed by atoms with Gasteiger partial charge in [-0.2, -0.15) is 0 Å². The zero-order valence-electron chi connectivity index (χ0n) is 41.7. The normalized spacial score (nSPS) is 15.4. The molecule has 0 unspecified atom stereocenters. The first kappa shape index (κ1) is 60.1. The molecule has 4 amide bonds. The van der Waals surface area contributed by atoms with Crippen LogP contribution in [0, 0.1) is 46.7 Å². The summed E-state index contributed by atoms with van der Waals surface area (Å²) in [6.45, 7) is -0.542. The maximum atomic E-state index is 14.1. The van der Waals surface area contributed by atoms with Crippen LogP contribution in [0.15, 0.2) is 94.7 Å². The second-order valence-corrected chi connectivity index (χ2v) is 22.9. The molecule has 4 aromatic rings. The summed E-state index contributed by atoms with van der Waals surface area (Å²) in [6, 6.07) is 11.3. The average molecular weight is 1140 g/mol. The third kappa shape index (κ3) is 17.2. The Labute approximate surface area is 445 Å². The number of esters is 2. The van der Waals surface area contributed by atoms with E-state index in [0.29, 0.717) is 50.0 Å². The molecule has 0 aromatic heterocycles. The molecule has 78 heavy (non-hydrogen) atoms. The highest BCUT2D eigenvalue weighted by atomic mass is 32.2. The zero-order chi connectivity index (χ0) is 56.9. The number of nitrogens with zero attached hydrogens (tertiary/aromatic N) is 2. The van der Waals surface area contributed by atoms with E-state index in [-0.39, 0.29) is 96.0 Å². The highest BCUT2D eigenvalue weighted by Gasteiger charge is 2.31. The number of nitrogens with one attached hydrogen (secondary N) is 2. The molecule has 2 atom stereocenters. The molecular weight excluding hydrogens is 1080 g/mol. The lowest BCUT2D eigenvalue weighted by molar-refractivity contribution is -0.144. The summed E-state index contributed by atoms with van der Waals surface area (Å²) < 4.78 is 144. The topological polar surface area (TPSA) is 272 Å². The maximum Gasteiger partial charge on any atom is 0.331 e. The van der Waals surface area contributed by atoms with Gasteiger partial charge < -0.3 is 41.4 Å². The smallest absolute Gasteiger partial charge is 0.331 e. The number of hydrogen-bond acceptors (Lipinski definition) is 14. The van der Waals surface area contributed by atoms with Crippen molar-refractivity contribution in [3.63, 3.8) is 0 Å². The van der Waals surface area contributed by atoms with Crippen LogP contribution in [0.5, 0.6) is 0 Å². The van der Waals surface area contributed by atoms with Crippen molar-refractivity contribution >= 4 is 66.6 Å². The Morgan fingerprint density at radius 2 is 0.846 bits per heavy atom. The summed E-state index contributed by atoms with van der Waals surface area (Å²) in [4.78, 5) is 77.6. The van der Waals surface area contributed by atoms with E-state index in [4.69, 9.17) is 20.9 Å². The summed E-state index contributed by atoms with van der Waals surface area (Å²) in [6.07, 6.45) is 2.33. The summed E-state index contributed by atoms with van der Waals surface area (Å²) in [5, 5.41) is 4.81. The van der Waals surface area contributed by atoms with Crippen LogP contribution in [0.2, 0.25) is 0 Å². The van der Waals surface area contributed by atoms with E-state index < -0.39 is 127 Å². The first-order valence-electron chi connectivity index (χ1n) is 24.5. The Bertz CT molecular complexity index is 2910. The molecule has 26 heteroatoms. The second-order valence-electron chi connectivity index (χ2n) is 18.7. The third-order valence-corrected chi connectivity index (χ3v) is 16.8. The van der Waals surface area contributed by atoms with Gasteiger partial charge in [0.25, 0.3) is 11.8 Å². The van der Waals surface area contributed by atoms with Crippen LogP contribution in [0.25, 0.3) is 0 Å². The van der Waals surface area contributed by atoms with Crippen molar-refractivity contribution in [2.75, 3.05) is 61.5 Å². The van der Waals surface area contributed by atoms with Crippen LogP contribution in [-0.2, 0) is 70.8 Å². The van der Waals surface area contributed by atoms with E-state index in [1.54, 1.807) is 0 Å². The highest BCUT2D eigenvalue weighted by molar-refractivity contribution is 7.91. The molecule has 0 saturated carbocycles. The predicted molar refractivity (Wildman–Crippen MR) is 269 cm³/mol. The minimum atomic E-state index is -3.94. The molecule has 0 bridgehead atoms. The van der Waals surface area contributed by atoms with E-state index in [2.05, 4.69) is 10.6 Å². The molecule has 4 aromatic carbocycles. The van der Waals surface area contributed by atoms with Crippen LogP contribution < -0.4 is 22.1 Å². The number of sulfone groups is 2. The van der Waals surface area contributed by atoms with Gasteiger partial charge in [-0.25, -0.2) is 52.8 Å². The van der Waals surface area contributed by atoms with E-state index in [1.165, 1.54) is 58.3 Å². The quantitative estimate of drug-likeness (QED) is 0.0360. The number of carbonyl (C=O) groups excluding carboxylic acids is 6. The number of nitrogens with two attached hydrogens (primary N) is 2. The van der Waals surface area contributed by atoms with E-state index in [0.717, 1.165) is 12.1 Å². The Morgan fingerprint density at radius 1 is 0.526 bits per heavy atom. The van der Waals surface area contributed by atoms with Crippen molar-refractivity contribution in [2.45, 2.75) is 73.2 Å². The number of piperidine rings is 2. The maximum absolute atomic E-state index is 14.1. The Kier molecular flexibility index (Phi) is 20.7. The first-order chi connectivity index (χ1) is 36.9. The monoisotopic (exact) mass is 1130 g/mol. The molecule has 6 N–H and O–H groups in total. The van der Waals surface area contributed by atoms with Crippen molar-refractivity contribution in [3.8, 4) is 0 Å². The highest BCUT2D eigenvalue weighted by Crippen LogP contribution is 2.27. The van der Waals surface area contributed by atoms with Gasteiger partial charge in [-0.05, 0) is 122 Å². The van der Waals surface area contributed by atoms with E-state index in [9.17, 15) is 71.9 Å². The molecule has 0 aliphatic carbocycles. The molecule has 6 rings (SSSR count). The number of rotatable bonds is 22. The van der Waals surface area contributed by atoms with Gasteiger partial charge in [-0.1, -0.05) is 0 Å². The number of halogens is 6. The number of anilines is 2. The van der Waals surface area contributed by atoms with Crippen molar-refractivity contribution in [1.29, 1.82) is 0 Å². The van der Waals surface area contributed by atoms with Crippen LogP contribution in [0.1, 0.15) is 49.7 Å². The number of likely N-dealkylation sites (tertiary alicyclic amines) is 2. The lowest BCUT2D eigenvalue weighted by Crippen LogP contribution is -2.44. The molecule has 2 aliphatic heterocycles. The van der Waals surface area contributed by atoms with Crippen molar-refractivity contribution in [3.05, 3.63) is 131 Å². The second kappa shape index (κ2) is 26.9. The van der Waals surface area contributed by atoms with Gasteiger partial charge in [0.05, 0.1) is 21.3 Å². The van der Waals surface area contributed by atoms with Crippen molar-refractivity contribution in [2.24, 2.45) is 23.3 Å². The van der Waals surface area contributed by atoms with Crippen LogP contribution in [0.4, 0.5) is 37.7 Å². The molecule has 2 aliphatic rings. The fourth-order valence-corrected chi connectivity index (χ4v) is 11.3. The lowest BCUT2D eigenvalue weighted by Gasteiger charge is -2.35. The molecule has 2 saturated heterocycles. The number of benzene rings is 4. The molecule has 420 valence electrons. The molecule has 2 fully saturated rings. The first-order valence-corrected chi connectivity index (χ1v) is 27.8. The van der Waals surface area contributed by atoms with Gasteiger partial charge in [-0.3, -0.25) is 19.2 Å². The number of amides is 4. The van der Waals surface area contributed by atoms with Crippen LogP contribution in [-0.4, -0.2) is 125 Å². The molecule has 0 radical (unpaired) electrons. The van der Waals surface area contributed by atoms with Crippen molar-refractivity contribution < 1.29 is 81.4 Å². The number of carbonyl (C=O) groups is 6. The summed E-state index contributed by atoms with van der Waals surface area (Å²) in [5.41, 5.74) is 12.6. The van der Waals surface area contributed by atoms with Crippen LogP contribution >= 0.6 is 0 Å². The van der Waals surface area contributed by atoms with Gasteiger partial charge in [0, 0.05) is 86.8 Å². The summed E-state index contributed by atoms with van der Waals surface area (Å²) in [7, 11) is -7.89. The Hall–Kier alpha value is -7.16. The Morgan fingerprint density at radius 3 is 1.18 bits per heavy atom. The minimum absolute atomic E-state index is 0.0336. The van der Waals surface area contributed by atoms with Gasteiger partial charge in [0.15, 0.2) is 56.2 Å². The summed E-state index contributed by atoms with van der Waals surface area (Å²) >= 11 is 0. The molecular formula is C52H56F6N6O12S2. The largest absolute Gasteiger partial charge is 0.452 e. The van der Waals surface area contributed by atoms with E-state index >= 15 is 0 Å². The van der Waals surface area contributed by atoms with E-state index in [1.807, 2.05) is 0 Å². The third-order valence-electron chi connectivity index (χ3n) is 13.3. The molecule has 18 nitrogen and oxygen atoms in total. The SMILES string of the molecule is N[C@H](Cc1cc(F)c(F)cc1F)C1CCN(C(=O)CCS(=O)(=O)c2ccc(NC(=O)COC(=O)/C=C\C(=O)OCC(=O)Nc3ccc(S(=O)(=O)CCC(=O)N4CCC([C@H](N)Cc5cc(F)c(F)cc5F)CC4)cc3)cc2)CC1. The minimum Gasteiger partial charge on any atom is -0.452 e. The van der Waals surface area contributed by atoms with Gasteiger partial charge >= 0.3 is 11.9 Å². The molecule has 0 spiro atoms. The lowest BCUT2D eigenvalue weighted by atomic mass is 9.86. The fourth-order valence-electron chi connectivity index (χ4n) is 8.82. The summed E-state index contributed by atoms with van der Waals surface area (Å²) in [5.74, 6) is -12.8. The van der Waals surface area contributed by atoms with Gasteiger partial charge in [0.2, 0.25) is 11.8 Å². The zero-order valence-corrected chi connectivity index (χ0v) is 43.4. The van der Waals surface area contributed by atoms with Gasteiger partial charge in [0.1, 0.15) is 11.6 Å². The van der Waals surface area contributed by atoms with Crippen molar-refractivity contribution in [1.82, 2.24) is 9.80 Å². The average Bonchev–Trinajstić information content (AvgIpc) is 3.43. The Balaban J connectivity index is 0.826. The number of hydrogen-bond donors (Lipinski definition) is 4. The standard InChI is InChI=1S/C52H56F6N6O12S2/c53-39-27-43(57)41(55)23-33(39)25-45(59)31-11-17-63(18-12-31)49(67)15-21-77(71,72)37-5-1-35(2-6-37)61-47(65)29-75-51(69)9-10-52(70)76-30-48(66)62-36-3-7-38(8-4-36)78(73,74)22-16-50(68)64-19-13-32(14-20-64)46(60)26-34-24-42(56)44(58)28-40(34)54/h1-10,23-24,27-28,31-32,45-46H,11-22,25-26,29-30,59-60H2,(H,61,65)(H,62,66)/b10-9-/t45-,46-/m1/s1.